The Bertz CT molecular complexity index is 913. The minimum Gasteiger partial charge on any atom is -0.497 e. The standard InChI is InChI=1S/C21H19IO5/c1-4-26-19-11-13(10-17(22)20(19)25-3)9-15-12-18(27-21(15)23)14-5-7-16(24-2)8-6-14/h5-12H,4H2,1-3H3/b15-9-. The van der Waals surface area contributed by atoms with Crippen LogP contribution in [0, 0.1) is 3.57 Å². The first-order valence-electron chi connectivity index (χ1n) is 8.36. The topological polar surface area (TPSA) is 54.0 Å². The molecule has 0 aromatic heterocycles. The lowest BCUT2D eigenvalue weighted by Gasteiger charge is -2.12. The van der Waals surface area contributed by atoms with Crippen molar-refractivity contribution in [3.63, 3.8) is 0 Å². The SMILES string of the molecule is CCOc1cc(/C=C2/C=C(c3ccc(OC)cc3)OC2=O)cc(I)c1OC. The van der Waals surface area contributed by atoms with Crippen molar-refractivity contribution in [3.8, 4) is 17.2 Å². The van der Waals surface area contributed by atoms with Crippen LogP contribution in [-0.4, -0.2) is 26.8 Å². The van der Waals surface area contributed by atoms with Crippen molar-refractivity contribution in [2.24, 2.45) is 0 Å². The molecule has 0 bridgehead atoms. The molecule has 0 saturated carbocycles. The fraction of sp³-hybridized carbons (Fsp3) is 0.190. The van der Waals surface area contributed by atoms with Gasteiger partial charge < -0.3 is 18.9 Å². The first kappa shape index (κ1) is 19.3. The van der Waals surface area contributed by atoms with E-state index >= 15 is 0 Å². The maximum absolute atomic E-state index is 12.3. The van der Waals surface area contributed by atoms with Gasteiger partial charge in [0.15, 0.2) is 11.5 Å². The van der Waals surface area contributed by atoms with E-state index in [9.17, 15) is 4.79 Å². The number of hydrogen-bond donors (Lipinski definition) is 0. The number of rotatable bonds is 6. The van der Waals surface area contributed by atoms with E-state index in [1.807, 2.05) is 43.3 Å². The van der Waals surface area contributed by atoms with Crippen LogP contribution in [-0.2, 0) is 9.53 Å². The lowest BCUT2D eigenvalue weighted by Crippen LogP contribution is -1.99. The molecule has 3 rings (SSSR count). The quantitative estimate of drug-likeness (QED) is 0.343. The summed E-state index contributed by atoms with van der Waals surface area (Å²) < 4.78 is 22.5. The summed E-state index contributed by atoms with van der Waals surface area (Å²) in [5.74, 6) is 2.20. The van der Waals surface area contributed by atoms with Crippen molar-refractivity contribution in [1.29, 1.82) is 0 Å². The molecule has 0 spiro atoms. The van der Waals surface area contributed by atoms with Crippen LogP contribution in [0.5, 0.6) is 17.2 Å². The summed E-state index contributed by atoms with van der Waals surface area (Å²) in [4.78, 5) is 12.3. The molecule has 1 aliphatic rings. The van der Waals surface area contributed by atoms with Gasteiger partial charge in [0.05, 0.1) is 30.0 Å². The van der Waals surface area contributed by atoms with Gasteiger partial charge in [0.2, 0.25) is 0 Å². The highest BCUT2D eigenvalue weighted by Gasteiger charge is 2.22. The molecule has 0 unspecified atom stereocenters. The molecular weight excluding hydrogens is 459 g/mol. The molecule has 0 fully saturated rings. The Morgan fingerprint density at radius 3 is 2.48 bits per heavy atom. The molecule has 0 atom stereocenters. The predicted molar refractivity (Wildman–Crippen MR) is 112 cm³/mol. The number of cyclic esters (lactones) is 1. The highest BCUT2D eigenvalue weighted by molar-refractivity contribution is 14.1. The van der Waals surface area contributed by atoms with E-state index in [2.05, 4.69) is 22.6 Å². The summed E-state index contributed by atoms with van der Waals surface area (Å²) in [6, 6.07) is 11.1. The first-order valence-corrected chi connectivity index (χ1v) is 9.44. The molecule has 0 aliphatic carbocycles. The maximum Gasteiger partial charge on any atom is 0.343 e. The predicted octanol–water partition coefficient (Wildman–Crippen LogP) is 4.69. The van der Waals surface area contributed by atoms with E-state index in [1.165, 1.54) is 0 Å². The van der Waals surface area contributed by atoms with E-state index in [1.54, 1.807) is 26.4 Å². The van der Waals surface area contributed by atoms with E-state index in [0.29, 0.717) is 29.4 Å². The Kier molecular flexibility index (Phi) is 6.05. The van der Waals surface area contributed by atoms with E-state index in [0.717, 1.165) is 20.4 Å². The van der Waals surface area contributed by atoms with Gasteiger partial charge in [0.25, 0.3) is 0 Å². The molecule has 0 amide bonds. The van der Waals surface area contributed by atoms with Crippen molar-refractivity contribution < 1.29 is 23.7 Å². The van der Waals surface area contributed by atoms with E-state index in [4.69, 9.17) is 18.9 Å². The fourth-order valence-electron chi connectivity index (χ4n) is 2.70. The average Bonchev–Trinajstić information content (AvgIpc) is 3.02. The van der Waals surface area contributed by atoms with Crippen LogP contribution in [0.2, 0.25) is 0 Å². The molecule has 6 heteroatoms. The van der Waals surface area contributed by atoms with Crippen molar-refractivity contribution in [1.82, 2.24) is 0 Å². The molecule has 1 aliphatic heterocycles. The highest BCUT2D eigenvalue weighted by atomic mass is 127. The van der Waals surface area contributed by atoms with Crippen molar-refractivity contribution >= 4 is 40.4 Å². The van der Waals surface area contributed by atoms with Gasteiger partial charge in [-0.3, -0.25) is 0 Å². The molecule has 0 saturated heterocycles. The fourth-order valence-corrected chi connectivity index (χ4v) is 3.54. The lowest BCUT2D eigenvalue weighted by atomic mass is 10.1. The Hall–Kier alpha value is -2.48. The van der Waals surface area contributed by atoms with Crippen LogP contribution in [0.15, 0.2) is 48.0 Å². The third-order valence-electron chi connectivity index (χ3n) is 3.96. The first-order chi connectivity index (χ1) is 13.0. The Balaban J connectivity index is 1.94. The normalized spacial score (nSPS) is 14.7. The number of esters is 1. The lowest BCUT2D eigenvalue weighted by molar-refractivity contribution is -0.130. The summed E-state index contributed by atoms with van der Waals surface area (Å²) in [7, 11) is 3.22. The second-order valence-corrected chi connectivity index (χ2v) is 6.86. The molecule has 0 N–H and O–H groups in total. The number of carbonyl (C=O) groups excluding carboxylic acids is 1. The highest BCUT2D eigenvalue weighted by Crippen LogP contribution is 2.35. The van der Waals surface area contributed by atoms with Crippen LogP contribution in [0.25, 0.3) is 11.8 Å². The molecule has 5 nitrogen and oxygen atoms in total. The molecule has 2 aromatic rings. The average molecular weight is 478 g/mol. The molecule has 0 radical (unpaired) electrons. The summed E-state index contributed by atoms with van der Waals surface area (Å²) >= 11 is 2.19. The number of carbonyl (C=O) groups is 1. The smallest absolute Gasteiger partial charge is 0.343 e. The Labute approximate surface area is 171 Å². The Morgan fingerprint density at radius 2 is 1.85 bits per heavy atom. The molecule has 140 valence electrons. The van der Waals surface area contributed by atoms with Gasteiger partial charge in [0, 0.05) is 5.56 Å². The van der Waals surface area contributed by atoms with E-state index in [-0.39, 0.29) is 5.97 Å². The third-order valence-corrected chi connectivity index (χ3v) is 4.76. The number of hydrogen-bond acceptors (Lipinski definition) is 5. The van der Waals surface area contributed by atoms with Crippen molar-refractivity contribution in [3.05, 3.63) is 62.7 Å². The zero-order valence-corrected chi connectivity index (χ0v) is 17.4. The maximum atomic E-state index is 12.3. The van der Waals surface area contributed by atoms with Gasteiger partial charge >= 0.3 is 5.97 Å². The van der Waals surface area contributed by atoms with Crippen LogP contribution < -0.4 is 14.2 Å². The number of benzene rings is 2. The third kappa shape index (κ3) is 4.27. The summed E-state index contributed by atoms with van der Waals surface area (Å²) in [5, 5.41) is 0. The molecule has 2 aromatic carbocycles. The monoisotopic (exact) mass is 478 g/mol. The van der Waals surface area contributed by atoms with Gasteiger partial charge in [-0.1, -0.05) is 0 Å². The van der Waals surface area contributed by atoms with Crippen molar-refractivity contribution in [2.45, 2.75) is 6.92 Å². The molecular formula is C21H19IO5. The van der Waals surface area contributed by atoms with Crippen LogP contribution >= 0.6 is 22.6 Å². The van der Waals surface area contributed by atoms with Gasteiger partial charge in [0.1, 0.15) is 11.5 Å². The Morgan fingerprint density at radius 1 is 1.11 bits per heavy atom. The zero-order valence-electron chi connectivity index (χ0n) is 15.2. The largest absolute Gasteiger partial charge is 0.497 e. The van der Waals surface area contributed by atoms with Gasteiger partial charge in [-0.2, -0.15) is 0 Å². The summed E-state index contributed by atoms with van der Waals surface area (Å²) in [6.07, 6.45) is 3.52. The van der Waals surface area contributed by atoms with Crippen LogP contribution in [0.4, 0.5) is 0 Å². The van der Waals surface area contributed by atoms with Crippen LogP contribution in [0.1, 0.15) is 18.1 Å². The van der Waals surface area contributed by atoms with Crippen molar-refractivity contribution in [2.75, 3.05) is 20.8 Å². The van der Waals surface area contributed by atoms with Gasteiger partial charge in [-0.25, -0.2) is 4.79 Å². The summed E-state index contributed by atoms with van der Waals surface area (Å²) in [5.41, 5.74) is 2.12. The minimum atomic E-state index is -0.385. The number of halogens is 1. The summed E-state index contributed by atoms with van der Waals surface area (Å²) in [6.45, 7) is 2.44. The van der Waals surface area contributed by atoms with Gasteiger partial charge in [-0.05, 0) is 83.6 Å². The molecule has 1 heterocycles. The number of ether oxygens (including phenoxy) is 4. The molecule has 27 heavy (non-hydrogen) atoms. The zero-order chi connectivity index (χ0) is 19.4. The number of methoxy groups -OCH3 is 2. The van der Waals surface area contributed by atoms with Crippen LogP contribution in [0.3, 0.4) is 0 Å². The van der Waals surface area contributed by atoms with Gasteiger partial charge in [-0.15, -0.1) is 0 Å². The second-order valence-electron chi connectivity index (χ2n) is 5.69. The van der Waals surface area contributed by atoms with E-state index < -0.39 is 0 Å². The second kappa shape index (κ2) is 8.47. The minimum absolute atomic E-state index is 0.385.